The number of pyridine rings is 1. The Hall–Kier alpha value is -2.30. The number of H-pyrrole nitrogens is 1. The normalized spacial score (nSPS) is 14.7. The fourth-order valence-corrected chi connectivity index (χ4v) is 4.98. The highest BCUT2D eigenvalue weighted by Crippen LogP contribution is 2.38. The lowest BCUT2D eigenvalue weighted by Gasteiger charge is -2.39. The molecule has 4 aromatic heterocycles. The Balaban J connectivity index is 1.56. The van der Waals surface area contributed by atoms with Crippen LogP contribution in [0.5, 0.6) is 0 Å². The zero-order valence-corrected chi connectivity index (χ0v) is 18.2. The molecular formula is C19H19BrN8S. The molecule has 29 heavy (non-hydrogen) atoms. The highest BCUT2D eigenvalue weighted by Gasteiger charge is 2.30. The van der Waals surface area contributed by atoms with Gasteiger partial charge < -0.3 is 15.6 Å². The maximum absolute atomic E-state index is 5.82. The van der Waals surface area contributed by atoms with E-state index in [-0.39, 0.29) is 0 Å². The number of halogens is 1. The number of nitrogens with one attached hydrogen (secondary N) is 1. The highest BCUT2D eigenvalue weighted by atomic mass is 79.9. The molecule has 0 radical (unpaired) electrons. The Kier molecular flexibility index (Phi) is 4.84. The second kappa shape index (κ2) is 7.51. The summed E-state index contributed by atoms with van der Waals surface area (Å²) in [6, 6.07) is 1.96. The Morgan fingerprint density at radius 1 is 1.24 bits per heavy atom. The molecule has 0 amide bonds. The van der Waals surface area contributed by atoms with Gasteiger partial charge in [-0.15, -0.1) is 0 Å². The van der Waals surface area contributed by atoms with Gasteiger partial charge in [-0.3, -0.25) is 4.98 Å². The van der Waals surface area contributed by atoms with E-state index in [0.717, 1.165) is 56.9 Å². The van der Waals surface area contributed by atoms with Crippen molar-refractivity contribution in [1.29, 1.82) is 0 Å². The Bertz CT molecular complexity index is 1200. The molecule has 0 aliphatic carbocycles. The topological polar surface area (TPSA) is 109 Å². The van der Waals surface area contributed by atoms with Gasteiger partial charge in [0.1, 0.15) is 17.0 Å². The Morgan fingerprint density at radius 2 is 2.07 bits per heavy atom. The van der Waals surface area contributed by atoms with E-state index in [9.17, 15) is 0 Å². The molecule has 0 aromatic carbocycles. The van der Waals surface area contributed by atoms with Gasteiger partial charge in [-0.25, -0.2) is 19.9 Å². The largest absolute Gasteiger partial charge is 0.355 e. The summed E-state index contributed by atoms with van der Waals surface area (Å²) >= 11 is 5.21. The van der Waals surface area contributed by atoms with E-state index in [0.29, 0.717) is 23.3 Å². The van der Waals surface area contributed by atoms with Crippen LogP contribution in [-0.4, -0.2) is 49.5 Å². The van der Waals surface area contributed by atoms with Gasteiger partial charge in [0.05, 0.1) is 9.86 Å². The molecule has 1 aliphatic rings. The molecular weight excluding hydrogens is 452 g/mol. The van der Waals surface area contributed by atoms with E-state index in [1.54, 1.807) is 18.6 Å². The molecule has 0 atom stereocenters. The minimum Gasteiger partial charge on any atom is -0.355 e. The van der Waals surface area contributed by atoms with Crippen molar-refractivity contribution in [1.82, 2.24) is 29.9 Å². The molecule has 0 unspecified atom stereocenters. The molecule has 0 bridgehead atoms. The predicted octanol–water partition coefficient (Wildman–Crippen LogP) is 3.17. The van der Waals surface area contributed by atoms with Crippen LogP contribution in [-0.2, 0) is 6.42 Å². The summed E-state index contributed by atoms with van der Waals surface area (Å²) in [5.41, 5.74) is 9.16. The summed E-state index contributed by atoms with van der Waals surface area (Å²) in [5, 5.41) is 1.70. The van der Waals surface area contributed by atoms with Gasteiger partial charge in [-0.05, 0) is 46.7 Å². The number of aromatic amines is 1. The number of rotatable bonds is 5. The first-order valence-corrected chi connectivity index (χ1v) is 11.0. The number of hydrogen-bond acceptors (Lipinski definition) is 8. The third kappa shape index (κ3) is 3.34. The number of fused-ring (bicyclic) bond motifs is 2. The average molecular weight is 471 g/mol. The van der Waals surface area contributed by atoms with E-state index in [4.69, 9.17) is 15.7 Å². The number of nitrogens with zero attached hydrogens (tertiary/aromatic N) is 6. The fraction of sp³-hybridized carbons (Fsp3) is 0.316. The molecule has 8 nitrogen and oxygen atoms in total. The maximum Gasteiger partial charge on any atom is 0.196 e. The molecule has 5 rings (SSSR count). The van der Waals surface area contributed by atoms with Crippen LogP contribution < -0.4 is 10.6 Å². The van der Waals surface area contributed by atoms with Crippen molar-refractivity contribution in [3.8, 4) is 0 Å². The van der Waals surface area contributed by atoms with Crippen LogP contribution in [0.2, 0.25) is 0 Å². The molecule has 148 valence electrons. The second-order valence-electron chi connectivity index (χ2n) is 7.00. The molecule has 1 aliphatic heterocycles. The van der Waals surface area contributed by atoms with Gasteiger partial charge in [-0.1, -0.05) is 6.92 Å². The molecule has 4 aromatic rings. The van der Waals surface area contributed by atoms with Gasteiger partial charge in [0.25, 0.3) is 0 Å². The summed E-state index contributed by atoms with van der Waals surface area (Å²) in [6.45, 7) is 4.65. The van der Waals surface area contributed by atoms with Crippen molar-refractivity contribution < 1.29 is 0 Å². The van der Waals surface area contributed by atoms with Crippen LogP contribution in [0, 0.1) is 5.92 Å². The van der Waals surface area contributed by atoms with Crippen molar-refractivity contribution in [2.75, 3.05) is 24.5 Å². The minimum atomic E-state index is 0.516. The van der Waals surface area contributed by atoms with Crippen molar-refractivity contribution in [2.45, 2.75) is 23.4 Å². The van der Waals surface area contributed by atoms with E-state index < -0.39 is 0 Å². The number of anilines is 1. The molecule has 10 heteroatoms. The van der Waals surface area contributed by atoms with E-state index in [1.165, 1.54) is 11.8 Å². The summed E-state index contributed by atoms with van der Waals surface area (Å²) in [5.74, 6) is 1.46. The second-order valence-corrected chi connectivity index (χ2v) is 8.84. The summed E-state index contributed by atoms with van der Waals surface area (Å²) in [7, 11) is 0. The lowest BCUT2D eigenvalue weighted by molar-refractivity contribution is 0.417. The van der Waals surface area contributed by atoms with Gasteiger partial charge in [0.2, 0.25) is 0 Å². The summed E-state index contributed by atoms with van der Waals surface area (Å²) < 4.78 is 1.04. The maximum atomic E-state index is 5.82. The molecule has 0 saturated carbocycles. The molecule has 0 spiro atoms. The van der Waals surface area contributed by atoms with Gasteiger partial charge >= 0.3 is 0 Å². The van der Waals surface area contributed by atoms with Crippen LogP contribution in [0.4, 0.5) is 5.82 Å². The number of aromatic nitrogens is 6. The van der Waals surface area contributed by atoms with E-state index >= 15 is 0 Å². The third-order valence-electron chi connectivity index (χ3n) is 5.08. The number of nitrogens with two attached hydrogens (primary N) is 1. The molecule has 1 fully saturated rings. The van der Waals surface area contributed by atoms with Crippen LogP contribution in [0.15, 0.2) is 39.2 Å². The van der Waals surface area contributed by atoms with Crippen LogP contribution in [0.1, 0.15) is 12.6 Å². The quantitative estimate of drug-likeness (QED) is 0.428. The first kappa shape index (κ1) is 18.7. The van der Waals surface area contributed by atoms with Crippen molar-refractivity contribution in [3.05, 3.63) is 34.8 Å². The SMILES string of the molecule is CCc1[nH]c2nc(Sc3cnc4nccnc4c3)nc(N3CC(CN)C3)c2c1Br. The van der Waals surface area contributed by atoms with Crippen molar-refractivity contribution >= 4 is 55.7 Å². The lowest BCUT2D eigenvalue weighted by atomic mass is 10.0. The smallest absolute Gasteiger partial charge is 0.196 e. The Labute approximate surface area is 179 Å². The Morgan fingerprint density at radius 3 is 2.86 bits per heavy atom. The molecule has 5 heterocycles. The fourth-order valence-electron chi connectivity index (χ4n) is 3.48. The first-order chi connectivity index (χ1) is 14.2. The van der Waals surface area contributed by atoms with Crippen molar-refractivity contribution in [3.63, 3.8) is 0 Å². The third-order valence-corrected chi connectivity index (χ3v) is 6.77. The molecule has 1 saturated heterocycles. The van der Waals surface area contributed by atoms with Gasteiger partial charge in [0, 0.05) is 48.2 Å². The highest BCUT2D eigenvalue weighted by molar-refractivity contribution is 9.10. The van der Waals surface area contributed by atoms with Crippen molar-refractivity contribution in [2.24, 2.45) is 11.7 Å². The first-order valence-electron chi connectivity index (χ1n) is 9.44. The zero-order valence-electron chi connectivity index (χ0n) is 15.8. The van der Waals surface area contributed by atoms with E-state index in [2.05, 4.69) is 47.7 Å². The zero-order chi connectivity index (χ0) is 20.0. The average Bonchev–Trinajstić information content (AvgIpc) is 3.03. The number of hydrogen-bond donors (Lipinski definition) is 2. The van der Waals surface area contributed by atoms with Crippen LogP contribution >= 0.6 is 27.7 Å². The van der Waals surface area contributed by atoms with E-state index in [1.807, 2.05) is 6.07 Å². The van der Waals surface area contributed by atoms with Gasteiger partial charge in [-0.2, -0.15) is 0 Å². The van der Waals surface area contributed by atoms with Gasteiger partial charge in [0.15, 0.2) is 10.8 Å². The minimum absolute atomic E-state index is 0.516. The lowest BCUT2D eigenvalue weighted by Crippen LogP contribution is -2.50. The van der Waals surface area contributed by atoms with Crippen LogP contribution in [0.25, 0.3) is 22.2 Å². The summed E-state index contributed by atoms with van der Waals surface area (Å²) in [6.07, 6.45) is 5.98. The number of aryl methyl sites for hydroxylation is 1. The predicted molar refractivity (Wildman–Crippen MR) is 117 cm³/mol. The molecule has 3 N–H and O–H groups in total. The standard InChI is InChI=1S/C19H19BrN8S/c1-2-12-15(20)14-17(25-12)26-19(27-18(14)28-8-10(6-21)9-28)29-11-5-13-16(24-7-11)23-4-3-22-13/h3-5,7,10H,2,6,8-9,21H2,1H3,(H,25,26,27). The summed E-state index contributed by atoms with van der Waals surface area (Å²) in [4.78, 5) is 29.2. The monoisotopic (exact) mass is 470 g/mol. The van der Waals surface area contributed by atoms with Crippen LogP contribution in [0.3, 0.4) is 0 Å².